The highest BCUT2D eigenvalue weighted by atomic mass is 32.2. The molecule has 5 heteroatoms. The topological polar surface area (TPSA) is 66.4 Å². The minimum absolute atomic E-state index is 0.0110. The van der Waals surface area contributed by atoms with Crippen molar-refractivity contribution in [2.24, 2.45) is 16.7 Å². The predicted molar refractivity (Wildman–Crippen MR) is 64.5 cm³/mol. The molecule has 0 aromatic rings. The van der Waals surface area contributed by atoms with Gasteiger partial charge in [0.2, 0.25) is 10.0 Å². The van der Waals surface area contributed by atoms with Crippen LogP contribution >= 0.6 is 0 Å². The first-order valence-corrected chi connectivity index (χ1v) is 7.38. The van der Waals surface area contributed by atoms with Gasteiger partial charge in [-0.25, -0.2) is 13.1 Å². The van der Waals surface area contributed by atoms with Gasteiger partial charge in [-0.15, -0.1) is 0 Å². The van der Waals surface area contributed by atoms with Crippen LogP contribution in [-0.4, -0.2) is 32.4 Å². The largest absolute Gasteiger partial charge is 0.396 e. The lowest BCUT2D eigenvalue weighted by molar-refractivity contribution is 0.295. The SMILES string of the molecule is CC1(C)C(CNS(=O)(=O)CCCO)C1(C)C. The molecule has 1 aliphatic rings. The Morgan fingerprint density at radius 3 is 2.06 bits per heavy atom. The molecule has 0 aromatic carbocycles. The second kappa shape index (κ2) is 4.27. The van der Waals surface area contributed by atoms with Gasteiger partial charge in [0.1, 0.15) is 0 Å². The maximum absolute atomic E-state index is 11.5. The molecule has 0 unspecified atom stereocenters. The van der Waals surface area contributed by atoms with E-state index in [9.17, 15) is 8.42 Å². The zero-order valence-electron chi connectivity index (χ0n) is 10.6. The van der Waals surface area contributed by atoms with Crippen molar-refractivity contribution in [2.75, 3.05) is 18.9 Å². The Kier molecular flexibility index (Phi) is 3.72. The molecule has 0 amide bonds. The summed E-state index contributed by atoms with van der Waals surface area (Å²) < 4.78 is 25.7. The highest BCUT2D eigenvalue weighted by molar-refractivity contribution is 7.89. The zero-order valence-corrected chi connectivity index (χ0v) is 11.4. The number of hydrogen-bond donors (Lipinski definition) is 2. The van der Waals surface area contributed by atoms with Crippen molar-refractivity contribution in [3.05, 3.63) is 0 Å². The van der Waals surface area contributed by atoms with Crippen LogP contribution in [0.15, 0.2) is 0 Å². The third kappa shape index (κ3) is 2.57. The van der Waals surface area contributed by atoms with Gasteiger partial charge >= 0.3 is 0 Å². The van der Waals surface area contributed by atoms with E-state index in [0.29, 0.717) is 18.9 Å². The van der Waals surface area contributed by atoms with Gasteiger partial charge in [-0.2, -0.15) is 0 Å². The van der Waals surface area contributed by atoms with Crippen molar-refractivity contribution >= 4 is 10.0 Å². The van der Waals surface area contributed by atoms with Crippen LogP contribution in [0, 0.1) is 16.7 Å². The molecule has 1 fully saturated rings. The van der Waals surface area contributed by atoms with E-state index in [2.05, 4.69) is 32.4 Å². The first-order valence-electron chi connectivity index (χ1n) is 5.73. The van der Waals surface area contributed by atoms with Crippen LogP contribution in [-0.2, 0) is 10.0 Å². The summed E-state index contributed by atoms with van der Waals surface area (Å²) in [7, 11) is -3.21. The van der Waals surface area contributed by atoms with Gasteiger partial charge in [-0.05, 0) is 23.2 Å². The van der Waals surface area contributed by atoms with Crippen molar-refractivity contribution in [1.82, 2.24) is 4.72 Å². The van der Waals surface area contributed by atoms with Gasteiger partial charge in [0.25, 0.3) is 0 Å². The number of aliphatic hydroxyl groups is 1. The van der Waals surface area contributed by atoms with Crippen molar-refractivity contribution in [2.45, 2.75) is 34.1 Å². The van der Waals surface area contributed by atoms with Crippen molar-refractivity contribution < 1.29 is 13.5 Å². The van der Waals surface area contributed by atoms with Gasteiger partial charge in [-0.1, -0.05) is 27.7 Å². The van der Waals surface area contributed by atoms with Crippen LogP contribution in [0.5, 0.6) is 0 Å². The van der Waals surface area contributed by atoms with Crippen LogP contribution in [0.3, 0.4) is 0 Å². The molecule has 0 atom stereocenters. The summed E-state index contributed by atoms with van der Waals surface area (Å²) >= 11 is 0. The van der Waals surface area contributed by atoms with E-state index in [1.165, 1.54) is 0 Å². The maximum Gasteiger partial charge on any atom is 0.211 e. The van der Waals surface area contributed by atoms with Crippen molar-refractivity contribution in [3.63, 3.8) is 0 Å². The molecule has 2 N–H and O–H groups in total. The summed E-state index contributed by atoms with van der Waals surface area (Å²) in [6, 6.07) is 0. The van der Waals surface area contributed by atoms with E-state index in [4.69, 9.17) is 5.11 Å². The minimum Gasteiger partial charge on any atom is -0.396 e. The first-order chi connectivity index (χ1) is 7.15. The number of nitrogens with one attached hydrogen (secondary N) is 1. The molecule has 16 heavy (non-hydrogen) atoms. The first kappa shape index (κ1) is 13.9. The third-order valence-corrected chi connectivity index (χ3v) is 5.83. The zero-order chi connectivity index (χ0) is 12.6. The fourth-order valence-corrected chi connectivity index (χ4v) is 3.45. The van der Waals surface area contributed by atoms with Gasteiger partial charge < -0.3 is 5.11 Å². The lowest BCUT2D eigenvalue weighted by Gasteiger charge is -2.06. The maximum atomic E-state index is 11.5. The Morgan fingerprint density at radius 2 is 1.69 bits per heavy atom. The van der Waals surface area contributed by atoms with Crippen molar-refractivity contribution in [1.29, 1.82) is 0 Å². The molecule has 0 spiro atoms. The molecular formula is C11H23NO3S. The van der Waals surface area contributed by atoms with Gasteiger partial charge in [0.15, 0.2) is 0 Å². The summed E-state index contributed by atoms with van der Waals surface area (Å²) in [6.07, 6.45) is 0.298. The van der Waals surface area contributed by atoms with Crippen LogP contribution in [0.2, 0.25) is 0 Å². The summed E-state index contributed by atoms with van der Waals surface area (Å²) in [6.45, 7) is 9.09. The van der Waals surface area contributed by atoms with Crippen LogP contribution in [0.1, 0.15) is 34.1 Å². The molecule has 0 radical (unpaired) electrons. The monoisotopic (exact) mass is 249 g/mol. The molecule has 1 rings (SSSR count). The molecule has 0 aliphatic heterocycles. The normalized spacial score (nSPS) is 23.3. The number of rotatable bonds is 6. The van der Waals surface area contributed by atoms with E-state index in [1.807, 2.05) is 0 Å². The smallest absolute Gasteiger partial charge is 0.211 e. The molecule has 0 heterocycles. The van der Waals surface area contributed by atoms with Crippen LogP contribution in [0.25, 0.3) is 0 Å². The quantitative estimate of drug-likeness (QED) is 0.737. The van der Waals surface area contributed by atoms with E-state index in [0.717, 1.165) is 0 Å². The Balaban J connectivity index is 2.43. The second-order valence-corrected chi connectivity index (χ2v) is 7.67. The van der Waals surface area contributed by atoms with E-state index >= 15 is 0 Å². The highest BCUT2D eigenvalue weighted by Gasteiger charge is 2.64. The fraction of sp³-hybridized carbons (Fsp3) is 1.00. The molecule has 0 saturated heterocycles. The van der Waals surface area contributed by atoms with Gasteiger partial charge in [0, 0.05) is 13.2 Å². The highest BCUT2D eigenvalue weighted by Crippen LogP contribution is 2.67. The van der Waals surface area contributed by atoms with E-state index in [1.54, 1.807) is 0 Å². The Morgan fingerprint density at radius 1 is 1.19 bits per heavy atom. The summed E-state index contributed by atoms with van der Waals surface area (Å²) in [5, 5.41) is 8.59. The molecule has 0 bridgehead atoms. The number of aliphatic hydroxyl groups excluding tert-OH is 1. The molecule has 4 nitrogen and oxygen atoms in total. The molecule has 1 aliphatic carbocycles. The minimum atomic E-state index is -3.21. The Labute approximate surface area is 98.5 Å². The number of sulfonamides is 1. The summed E-state index contributed by atoms with van der Waals surface area (Å²) in [5.74, 6) is 0.403. The lowest BCUT2D eigenvalue weighted by atomic mass is 10.0. The molecular weight excluding hydrogens is 226 g/mol. The second-order valence-electron chi connectivity index (χ2n) is 5.74. The molecule has 1 saturated carbocycles. The van der Waals surface area contributed by atoms with Crippen LogP contribution < -0.4 is 4.72 Å². The standard InChI is InChI=1S/C11H23NO3S/c1-10(2)9(11(10,3)4)8-12-16(14,15)7-5-6-13/h9,12-13H,5-8H2,1-4H3. The summed E-state index contributed by atoms with van der Waals surface area (Å²) in [4.78, 5) is 0. The fourth-order valence-electron chi connectivity index (χ4n) is 2.38. The molecule has 96 valence electrons. The molecule has 0 aromatic heterocycles. The van der Waals surface area contributed by atoms with Crippen molar-refractivity contribution in [3.8, 4) is 0 Å². The third-order valence-electron chi connectivity index (χ3n) is 4.40. The van der Waals surface area contributed by atoms with Crippen LogP contribution in [0.4, 0.5) is 0 Å². The average Bonchev–Trinajstić information content (AvgIpc) is 2.52. The Hall–Kier alpha value is -0.130. The van der Waals surface area contributed by atoms with Gasteiger partial charge in [-0.3, -0.25) is 0 Å². The van der Waals surface area contributed by atoms with Gasteiger partial charge in [0.05, 0.1) is 5.75 Å². The lowest BCUT2D eigenvalue weighted by Crippen LogP contribution is -2.29. The average molecular weight is 249 g/mol. The Bertz CT molecular complexity index is 332. The summed E-state index contributed by atoms with van der Waals surface area (Å²) in [5.41, 5.74) is 0.402. The van der Waals surface area contributed by atoms with E-state index in [-0.39, 0.29) is 23.2 Å². The number of hydrogen-bond acceptors (Lipinski definition) is 3. The predicted octanol–water partition coefficient (Wildman–Crippen LogP) is 0.970. The van der Waals surface area contributed by atoms with E-state index < -0.39 is 10.0 Å².